The summed E-state index contributed by atoms with van der Waals surface area (Å²) in [6.07, 6.45) is 6.25. The van der Waals surface area contributed by atoms with Gasteiger partial charge >= 0.3 is 5.97 Å². The molecule has 0 aromatic carbocycles. The van der Waals surface area contributed by atoms with E-state index < -0.39 is 5.97 Å². The first-order chi connectivity index (χ1) is 9.16. The van der Waals surface area contributed by atoms with Crippen LogP contribution in [0.1, 0.15) is 44.9 Å². The van der Waals surface area contributed by atoms with Crippen molar-refractivity contribution in [2.24, 2.45) is 5.92 Å². The Kier molecular flexibility index (Phi) is 5.19. The molecule has 0 unspecified atom stereocenters. The van der Waals surface area contributed by atoms with Gasteiger partial charge < -0.3 is 15.3 Å². The summed E-state index contributed by atoms with van der Waals surface area (Å²) in [7, 11) is 0. The van der Waals surface area contributed by atoms with Crippen LogP contribution in [0.4, 0.5) is 0 Å². The van der Waals surface area contributed by atoms with Crippen molar-refractivity contribution in [3.63, 3.8) is 0 Å². The van der Waals surface area contributed by atoms with Crippen molar-refractivity contribution >= 4 is 11.9 Å². The number of carbonyl (C=O) groups excluding carboxylic acids is 1. The highest BCUT2D eigenvalue weighted by Crippen LogP contribution is 2.30. The van der Waals surface area contributed by atoms with E-state index in [1.165, 1.54) is 45.2 Å². The van der Waals surface area contributed by atoms with E-state index in [0.29, 0.717) is 18.5 Å². The first-order valence-electron chi connectivity index (χ1n) is 7.39. The van der Waals surface area contributed by atoms with Crippen LogP contribution in [0.15, 0.2) is 0 Å². The first kappa shape index (κ1) is 14.3. The molecule has 2 aliphatic rings. The maximum absolute atomic E-state index is 11.6. The highest BCUT2D eigenvalue weighted by Gasteiger charge is 2.32. The molecule has 2 saturated heterocycles. The highest BCUT2D eigenvalue weighted by molar-refractivity contribution is 5.80. The minimum atomic E-state index is -0.911. The lowest BCUT2D eigenvalue weighted by Crippen LogP contribution is -2.51. The van der Waals surface area contributed by atoms with Gasteiger partial charge in [-0.1, -0.05) is 6.42 Å². The predicted octanol–water partition coefficient (Wildman–Crippen LogP) is 1.23. The average molecular weight is 268 g/mol. The lowest BCUT2D eigenvalue weighted by atomic mass is 9.83. The van der Waals surface area contributed by atoms with Gasteiger partial charge in [0.2, 0.25) is 5.91 Å². The smallest absolute Gasteiger partial charge is 0.303 e. The summed E-state index contributed by atoms with van der Waals surface area (Å²) in [6, 6.07) is 0.627. The van der Waals surface area contributed by atoms with E-state index in [4.69, 9.17) is 5.11 Å². The molecule has 108 valence electrons. The third kappa shape index (κ3) is 4.20. The third-order valence-corrected chi connectivity index (χ3v) is 4.36. The van der Waals surface area contributed by atoms with Crippen molar-refractivity contribution in [2.75, 3.05) is 19.6 Å². The number of carboxylic acid groups (broad SMARTS) is 1. The van der Waals surface area contributed by atoms with Crippen molar-refractivity contribution in [1.82, 2.24) is 10.2 Å². The van der Waals surface area contributed by atoms with Crippen LogP contribution in [0, 0.1) is 5.92 Å². The number of nitrogens with zero attached hydrogens (tertiary/aromatic N) is 1. The van der Waals surface area contributed by atoms with Crippen LogP contribution in [0.3, 0.4) is 0 Å². The maximum atomic E-state index is 11.6. The monoisotopic (exact) mass is 268 g/mol. The number of hydrogen-bond acceptors (Lipinski definition) is 3. The van der Waals surface area contributed by atoms with Crippen LogP contribution in [0.25, 0.3) is 0 Å². The molecule has 5 heteroatoms. The number of carboxylic acids is 1. The number of aliphatic carboxylic acids is 1. The normalized spacial score (nSPS) is 27.6. The fourth-order valence-corrected chi connectivity index (χ4v) is 3.37. The molecule has 0 radical (unpaired) electrons. The fraction of sp³-hybridized carbons (Fsp3) is 0.857. The molecular formula is C14H24N2O3. The van der Waals surface area contributed by atoms with E-state index in [0.717, 1.165) is 0 Å². The number of piperidine rings is 2. The van der Waals surface area contributed by atoms with E-state index in [1.807, 2.05) is 0 Å². The Bertz CT molecular complexity index is 331. The summed E-state index contributed by atoms with van der Waals surface area (Å²) in [5.41, 5.74) is 0. The van der Waals surface area contributed by atoms with E-state index >= 15 is 0 Å². The minimum Gasteiger partial charge on any atom is -0.481 e. The molecule has 2 aliphatic heterocycles. The molecular weight excluding hydrogens is 244 g/mol. The third-order valence-electron chi connectivity index (χ3n) is 4.36. The molecule has 0 bridgehead atoms. The van der Waals surface area contributed by atoms with Crippen LogP contribution in [0.2, 0.25) is 0 Å². The van der Waals surface area contributed by atoms with Gasteiger partial charge in [0.25, 0.3) is 0 Å². The van der Waals surface area contributed by atoms with Crippen LogP contribution >= 0.6 is 0 Å². The van der Waals surface area contributed by atoms with Crippen LogP contribution in [-0.4, -0.2) is 47.6 Å². The zero-order valence-electron chi connectivity index (χ0n) is 11.4. The van der Waals surface area contributed by atoms with E-state index in [2.05, 4.69) is 10.2 Å². The van der Waals surface area contributed by atoms with Crippen LogP contribution < -0.4 is 5.32 Å². The van der Waals surface area contributed by atoms with Gasteiger partial charge in [-0.25, -0.2) is 0 Å². The summed E-state index contributed by atoms with van der Waals surface area (Å²) < 4.78 is 0. The molecule has 1 amide bonds. The zero-order chi connectivity index (χ0) is 13.7. The van der Waals surface area contributed by atoms with E-state index in [9.17, 15) is 9.59 Å². The van der Waals surface area contributed by atoms with Gasteiger partial charge in [0.15, 0.2) is 0 Å². The second-order valence-corrected chi connectivity index (χ2v) is 5.70. The molecule has 5 nitrogen and oxygen atoms in total. The summed E-state index contributed by atoms with van der Waals surface area (Å²) in [6.45, 7) is 3.11. The number of fused-ring (bicyclic) bond motifs is 1. The fourth-order valence-electron chi connectivity index (χ4n) is 3.37. The molecule has 0 aromatic rings. The Labute approximate surface area is 114 Å². The molecule has 2 atom stereocenters. The van der Waals surface area contributed by atoms with Crippen molar-refractivity contribution in [2.45, 2.75) is 51.0 Å². The summed E-state index contributed by atoms with van der Waals surface area (Å²) in [4.78, 5) is 24.5. The number of nitrogens with one attached hydrogen (secondary N) is 1. The summed E-state index contributed by atoms with van der Waals surface area (Å²) in [5.74, 6) is -0.496. The molecule has 2 heterocycles. The van der Waals surface area contributed by atoms with Gasteiger partial charge in [-0.2, -0.15) is 0 Å². The second kappa shape index (κ2) is 6.89. The predicted molar refractivity (Wildman–Crippen MR) is 71.8 cm³/mol. The van der Waals surface area contributed by atoms with E-state index in [-0.39, 0.29) is 18.7 Å². The minimum absolute atomic E-state index is 0.0773. The lowest BCUT2D eigenvalue weighted by Gasteiger charge is -2.44. The number of amides is 1. The Morgan fingerprint density at radius 1 is 1.11 bits per heavy atom. The van der Waals surface area contributed by atoms with Gasteiger partial charge in [0.1, 0.15) is 0 Å². The zero-order valence-corrected chi connectivity index (χ0v) is 11.4. The lowest BCUT2D eigenvalue weighted by molar-refractivity contribution is -0.138. The standard InChI is InChI=1S/C14H24N2O3/c17-13(6-7-14(18)19)15-10-11-4-3-9-16-8-2-1-5-12(11)16/h11-12H,1-10H2,(H,15,17)(H,18,19)/t11-,12+/m0/s1. The molecule has 2 N–H and O–H groups in total. The number of carbonyl (C=O) groups is 2. The number of hydrogen-bond donors (Lipinski definition) is 2. The molecule has 19 heavy (non-hydrogen) atoms. The van der Waals surface area contributed by atoms with Crippen molar-refractivity contribution in [3.8, 4) is 0 Å². The largest absolute Gasteiger partial charge is 0.481 e. The second-order valence-electron chi connectivity index (χ2n) is 5.70. The van der Waals surface area contributed by atoms with Crippen LogP contribution in [0.5, 0.6) is 0 Å². The maximum Gasteiger partial charge on any atom is 0.303 e. The molecule has 0 aliphatic carbocycles. The molecule has 0 aromatic heterocycles. The van der Waals surface area contributed by atoms with Gasteiger partial charge in [-0.05, 0) is 44.7 Å². The average Bonchev–Trinajstić information content (AvgIpc) is 2.42. The van der Waals surface area contributed by atoms with Gasteiger partial charge in [0, 0.05) is 19.0 Å². The van der Waals surface area contributed by atoms with Crippen molar-refractivity contribution in [1.29, 1.82) is 0 Å². The Morgan fingerprint density at radius 3 is 2.68 bits per heavy atom. The topological polar surface area (TPSA) is 69.6 Å². The molecule has 0 spiro atoms. The van der Waals surface area contributed by atoms with Crippen LogP contribution in [-0.2, 0) is 9.59 Å². The quantitative estimate of drug-likeness (QED) is 0.787. The molecule has 2 fully saturated rings. The summed E-state index contributed by atoms with van der Waals surface area (Å²) in [5, 5.41) is 11.5. The van der Waals surface area contributed by atoms with Gasteiger partial charge in [0.05, 0.1) is 6.42 Å². The molecule has 0 saturated carbocycles. The Balaban J connectivity index is 1.74. The Morgan fingerprint density at radius 2 is 1.89 bits per heavy atom. The van der Waals surface area contributed by atoms with E-state index in [1.54, 1.807) is 0 Å². The summed E-state index contributed by atoms with van der Waals surface area (Å²) >= 11 is 0. The highest BCUT2D eigenvalue weighted by atomic mass is 16.4. The van der Waals surface area contributed by atoms with Gasteiger partial charge in [-0.15, -0.1) is 0 Å². The first-order valence-corrected chi connectivity index (χ1v) is 7.39. The van der Waals surface area contributed by atoms with Gasteiger partial charge in [-0.3, -0.25) is 9.59 Å². The number of rotatable bonds is 5. The SMILES string of the molecule is O=C(O)CCC(=O)NC[C@@H]1CCCN2CCCC[C@H]12. The van der Waals surface area contributed by atoms with Crippen molar-refractivity contribution < 1.29 is 14.7 Å². The van der Waals surface area contributed by atoms with Crippen molar-refractivity contribution in [3.05, 3.63) is 0 Å². The molecule has 2 rings (SSSR count). The Hall–Kier alpha value is -1.10.